The van der Waals surface area contributed by atoms with E-state index in [0.717, 1.165) is 44.1 Å². The van der Waals surface area contributed by atoms with Crippen molar-refractivity contribution in [3.05, 3.63) is 11.6 Å². The molecule has 0 aliphatic rings. The van der Waals surface area contributed by atoms with Crippen molar-refractivity contribution in [3.63, 3.8) is 0 Å². The first kappa shape index (κ1) is 12.8. The van der Waals surface area contributed by atoms with Crippen LogP contribution in [0.5, 0.6) is 0 Å². The highest BCUT2D eigenvalue weighted by Gasteiger charge is 2.05. The van der Waals surface area contributed by atoms with Crippen LogP contribution in [0.15, 0.2) is 0 Å². The van der Waals surface area contributed by atoms with Gasteiger partial charge in [-0.05, 0) is 13.1 Å². The highest BCUT2D eigenvalue weighted by atomic mass is 15.1. The Hall–Kier alpha value is -1.23. The molecule has 0 unspecified atom stereocenters. The molecule has 0 fully saturated rings. The van der Waals surface area contributed by atoms with Crippen LogP contribution < -0.4 is 5.73 Å². The number of hydrogen-bond acceptors (Lipinski definition) is 5. The highest BCUT2D eigenvalue weighted by molar-refractivity contribution is 5.15. The Kier molecular flexibility index (Phi) is 5.11. The minimum Gasteiger partial charge on any atom is -0.368 e. The fourth-order valence-electron chi connectivity index (χ4n) is 1.56. The number of rotatable bonds is 6. The van der Waals surface area contributed by atoms with E-state index in [2.05, 4.69) is 33.7 Å². The summed E-state index contributed by atoms with van der Waals surface area (Å²) in [6.07, 6.45) is 1.63. The van der Waals surface area contributed by atoms with Crippen LogP contribution in [0.4, 0.5) is 5.95 Å². The summed E-state index contributed by atoms with van der Waals surface area (Å²) in [5.74, 6) is 1.92. The summed E-state index contributed by atoms with van der Waals surface area (Å²) in [7, 11) is 0. The third-order valence-electron chi connectivity index (χ3n) is 2.61. The first-order chi connectivity index (χ1) is 7.69. The van der Waals surface area contributed by atoms with Gasteiger partial charge in [0.05, 0.1) is 0 Å². The number of nitrogens with two attached hydrogens (primary N) is 1. The summed E-state index contributed by atoms with van der Waals surface area (Å²) in [6, 6.07) is 0. The van der Waals surface area contributed by atoms with Gasteiger partial charge in [-0.1, -0.05) is 20.8 Å². The molecule has 16 heavy (non-hydrogen) atoms. The van der Waals surface area contributed by atoms with Crippen LogP contribution in [-0.2, 0) is 12.8 Å². The number of nitrogen functional groups attached to an aromatic ring is 1. The van der Waals surface area contributed by atoms with E-state index in [4.69, 9.17) is 5.73 Å². The van der Waals surface area contributed by atoms with E-state index in [9.17, 15) is 0 Å². The molecule has 0 atom stereocenters. The lowest BCUT2D eigenvalue weighted by molar-refractivity contribution is 0.305. The molecule has 1 aromatic rings. The van der Waals surface area contributed by atoms with Gasteiger partial charge in [0.15, 0.2) is 0 Å². The lowest BCUT2D eigenvalue weighted by Gasteiger charge is -2.17. The number of anilines is 1. The lowest BCUT2D eigenvalue weighted by Crippen LogP contribution is -2.26. The summed E-state index contributed by atoms with van der Waals surface area (Å²) >= 11 is 0. The number of aryl methyl sites for hydroxylation is 1. The van der Waals surface area contributed by atoms with Crippen molar-refractivity contribution in [2.45, 2.75) is 33.6 Å². The average Bonchev–Trinajstić information content (AvgIpc) is 2.29. The molecular formula is C11H21N5. The van der Waals surface area contributed by atoms with Gasteiger partial charge < -0.3 is 10.6 Å². The fourth-order valence-corrected chi connectivity index (χ4v) is 1.56. The van der Waals surface area contributed by atoms with E-state index in [1.807, 2.05) is 6.92 Å². The maximum atomic E-state index is 5.63. The van der Waals surface area contributed by atoms with Crippen molar-refractivity contribution in [2.75, 3.05) is 25.4 Å². The molecule has 0 aliphatic heterocycles. The van der Waals surface area contributed by atoms with Crippen LogP contribution in [0, 0.1) is 0 Å². The Morgan fingerprint density at radius 2 is 1.62 bits per heavy atom. The summed E-state index contributed by atoms with van der Waals surface area (Å²) in [4.78, 5) is 14.9. The van der Waals surface area contributed by atoms with Crippen molar-refractivity contribution in [2.24, 2.45) is 0 Å². The molecule has 0 spiro atoms. The van der Waals surface area contributed by atoms with Gasteiger partial charge in [0.2, 0.25) is 5.95 Å². The molecule has 0 radical (unpaired) electrons. The maximum Gasteiger partial charge on any atom is 0.223 e. The third-order valence-corrected chi connectivity index (χ3v) is 2.61. The molecule has 0 amide bonds. The van der Waals surface area contributed by atoms with Gasteiger partial charge in [-0.15, -0.1) is 0 Å². The van der Waals surface area contributed by atoms with Gasteiger partial charge in [0, 0.05) is 19.4 Å². The zero-order valence-corrected chi connectivity index (χ0v) is 10.4. The normalized spacial score (nSPS) is 11.0. The average molecular weight is 223 g/mol. The second-order valence-electron chi connectivity index (χ2n) is 3.66. The van der Waals surface area contributed by atoms with Gasteiger partial charge >= 0.3 is 0 Å². The third kappa shape index (κ3) is 3.73. The quantitative estimate of drug-likeness (QED) is 0.776. The van der Waals surface area contributed by atoms with E-state index in [-0.39, 0.29) is 0 Å². The standard InChI is InChI=1S/C11H21N5/c1-4-9-13-10(15-11(12)14-9)7-8-16(5-2)6-3/h4-8H2,1-3H3,(H2,12,13,14,15). The zero-order valence-electron chi connectivity index (χ0n) is 10.4. The predicted molar refractivity (Wildman–Crippen MR) is 65.1 cm³/mol. The second-order valence-corrected chi connectivity index (χ2v) is 3.66. The highest BCUT2D eigenvalue weighted by Crippen LogP contribution is 2.00. The van der Waals surface area contributed by atoms with Crippen molar-refractivity contribution < 1.29 is 0 Å². The van der Waals surface area contributed by atoms with E-state index in [1.165, 1.54) is 0 Å². The van der Waals surface area contributed by atoms with Crippen LogP contribution in [0.2, 0.25) is 0 Å². The summed E-state index contributed by atoms with van der Waals surface area (Å²) in [5, 5.41) is 0. The van der Waals surface area contributed by atoms with Crippen LogP contribution in [0.3, 0.4) is 0 Å². The molecule has 0 aromatic carbocycles. The molecule has 0 saturated heterocycles. The van der Waals surface area contributed by atoms with Crippen molar-refractivity contribution in [3.8, 4) is 0 Å². The Morgan fingerprint density at radius 3 is 2.19 bits per heavy atom. The Bertz CT molecular complexity index is 322. The van der Waals surface area contributed by atoms with Crippen molar-refractivity contribution in [1.29, 1.82) is 0 Å². The minimum atomic E-state index is 0.335. The number of aromatic nitrogens is 3. The monoisotopic (exact) mass is 223 g/mol. The first-order valence-corrected chi connectivity index (χ1v) is 5.91. The maximum absolute atomic E-state index is 5.63. The summed E-state index contributed by atoms with van der Waals surface area (Å²) < 4.78 is 0. The van der Waals surface area contributed by atoms with E-state index < -0.39 is 0 Å². The van der Waals surface area contributed by atoms with Gasteiger partial charge in [0.1, 0.15) is 11.6 Å². The van der Waals surface area contributed by atoms with E-state index in [0.29, 0.717) is 5.95 Å². The number of nitrogens with zero attached hydrogens (tertiary/aromatic N) is 4. The summed E-state index contributed by atoms with van der Waals surface area (Å²) in [5.41, 5.74) is 5.63. The molecule has 1 heterocycles. The van der Waals surface area contributed by atoms with Crippen molar-refractivity contribution >= 4 is 5.95 Å². The van der Waals surface area contributed by atoms with Crippen LogP contribution in [0.1, 0.15) is 32.4 Å². The van der Waals surface area contributed by atoms with Crippen LogP contribution >= 0.6 is 0 Å². The number of hydrogen-bond donors (Lipinski definition) is 1. The number of likely N-dealkylation sites (N-methyl/N-ethyl adjacent to an activating group) is 1. The lowest BCUT2D eigenvalue weighted by atomic mass is 10.3. The summed E-state index contributed by atoms with van der Waals surface area (Å²) in [6.45, 7) is 9.41. The fraction of sp³-hybridized carbons (Fsp3) is 0.727. The van der Waals surface area contributed by atoms with Crippen molar-refractivity contribution in [1.82, 2.24) is 19.9 Å². The molecule has 5 nitrogen and oxygen atoms in total. The van der Waals surface area contributed by atoms with Crippen LogP contribution in [0.25, 0.3) is 0 Å². The molecule has 1 aromatic heterocycles. The van der Waals surface area contributed by atoms with Gasteiger partial charge in [-0.2, -0.15) is 9.97 Å². The van der Waals surface area contributed by atoms with Crippen LogP contribution in [-0.4, -0.2) is 39.5 Å². The molecular weight excluding hydrogens is 202 g/mol. The molecule has 2 N–H and O–H groups in total. The van der Waals surface area contributed by atoms with Gasteiger partial charge in [0.25, 0.3) is 0 Å². The predicted octanol–water partition coefficient (Wildman–Crippen LogP) is 0.900. The molecule has 90 valence electrons. The zero-order chi connectivity index (χ0) is 12.0. The Morgan fingerprint density at radius 1 is 1.00 bits per heavy atom. The second kappa shape index (κ2) is 6.37. The molecule has 1 rings (SSSR count). The molecule has 0 saturated carbocycles. The SMILES string of the molecule is CCc1nc(N)nc(CCN(CC)CC)n1. The molecule has 0 bridgehead atoms. The van der Waals surface area contributed by atoms with E-state index in [1.54, 1.807) is 0 Å². The van der Waals surface area contributed by atoms with Gasteiger partial charge in [-0.25, -0.2) is 4.98 Å². The largest absolute Gasteiger partial charge is 0.368 e. The Balaban J connectivity index is 2.62. The topological polar surface area (TPSA) is 67.9 Å². The smallest absolute Gasteiger partial charge is 0.223 e. The molecule has 5 heteroatoms. The minimum absolute atomic E-state index is 0.335. The van der Waals surface area contributed by atoms with Gasteiger partial charge in [-0.3, -0.25) is 0 Å². The molecule has 0 aliphatic carbocycles. The first-order valence-electron chi connectivity index (χ1n) is 5.91. The van der Waals surface area contributed by atoms with E-state index >= 15 is 0 Å². The Labute approximate surface area is 97.1 Å².